The Balaban J connectivity index is 1.80. The summed E-state index contributed by atoms with van der Waals surface area (Å²) < 4.78 is 18.8. The molecule has 1 aliphatic rings. The SMILES string of the molecule is CC(C)(CO)CCCNC(=O)C1COc2ccc(F)cc2C1. The van der Waals surface area contributed by atoms with Crippen LogP contribution in [0.25, 0.3) is 0 Å². The van der Waals surface area contributed by atoms with Crippen molar-refractivity contribution >= 4 is 5.91 Å². The highest BCUT2D eigenvalue weighted by molar-refractivity contribution is 5.79. The fourth-order valence-corrected chi connectivity index (χ4v) is 2.53. The number of hydrogen-bond acceptors (Lipinski definition) is 3. The van der Waals surface area contributed by atoms with Gasteiger partial charge in [-0.25, -0.2) is 4.39 Å². The quantitative estimate of drug-likeness (QED) is 0.793. The average molecular weight is 309 g/mol. The van der Waals surface area contributed by atoms with Gasteiger partial charge < -0.3 is 15.2 Å². The number of hydrogen-bond donors (Lipinski definition) is 2. The van der Waals surface area contributed by atoms with E-state index in [2.05, 4.69) is 5.32 Å². The van der Waals surface area contributed by atoms with Crippen molar-refractivity contribution in [2.45, 2.75) is 33.1 Å². The molecule has 4 nitrogen and oxygen atoms in total. The van der Waals surface area contributed by atoms with Crippen molar-refractivity contribution in [1.29, 1.82) is 0 Å². The van der Waals surface area contributed by atoms with Gasteiger partial charge in [-0.1, -0.05) is 13.8 Å². The van der Waals surface area contributed by atoms with Crippen molar-refractivity contribution in [3.05, 3.63) is 29.6 Å². The monoisotopic (exact) mass is 309 g/mol. The normalized spacial score (nSPS) is 17.5. The predicted octanol–water partition coefficient (Wildman–Crippen LogP) is 2.29. The molecule has 0 bridgehead atoms. The fourth-order valence-electron chi connectivity index (χ4n) is 2.53. The van der Waals surface area contributed by atoms with Gasteiger partial charge in [-0.3, -0.25) is 4.79 Å². The Morgan fingerprint density at radius 3 is 3.00 bits per heavy atom. The number of benzene rings is 1. The van der Waals surface area contributed by atoms with E-state index in [1.165, 1.54) is 12.1 Å². The largest absolute Gasteiger partial charge is 0.492 e. The molecule has 122 valence electrons. The molecule has 2 N–H and O–H groups in total. The summed E-state index contributed by atoms with van der Waals surface area (Å²) in [4.78, 5) is 12.2. The smallest absolute Gasteiger partial charge is 0.226 e. The summed E-state index contributed by atoms with van der Waals surface area (Å²) in [7, 11) is 0. The van der Waals surface area contributed by atoms with E-state index in [0.29, 0.717) is 25.3 Å². The van der Waals surface area contributed by atoms with Crippen LogP contribution in [0.4, 0.5) is 4.39 Å². The van der Waals surface area contributed by atoms with Crippen molar-refractivity contribution in [3.8, 4) is 5.75 Å². The Bertz CT molecular complexity index is 531. The molecule has 0 aromatic heterocycles. The molecule has 22 heavy (non-hydrogen) atoms. The minimum Gasteiger partial charge on any atom is -0.492 e. The first-order valence-electron chi connectivity index (χ1n) is 7.71. The van der Waals surface area contributed by atoms with Gasteiger partial charge in [0.2, 0.25) is 5.91 Å². The van der Waals surface area contributed by atoms with Crippen LogP contribution >= 0.6 is 0 Å². The van der Waals surface area contributed by atoms with E-state index in [1.54, 1.807) is 6.07 Å². The lowest BCUT2D eigenvalue weighted by Gasteiger charge is -2.25. The van der Waals surface area contributed by atoms with Crippen molar-refractivity contribution < 1.29 is 19.0 Å². The third-order valence-electron chi connectivity index (χ3n) is 4.06. The number of aliphatic hydroxyl groups excluding tert-OH is 1. The van der Waals surface area contributed by atoms with E-state index in [4.69, 9.17) is 4.74 Å². The van der Waals surface area contributed by atoms with Crippen LogP contribution in [-0.2, 0) is 11.2 Å². The molecule has 0 saturated heterocycles. The van der Waals surface area contributed by atoms with Crippen LogP contribution in [0.15, 0.2) is 18.2 Å². The fraction of sp³-hybridized carbons (Fsp3) is 0.588. The zero-order valence-electron chi connectivity index (χ0n) is 13.2. The van der Waals surface area contributed by atoms with E-state index in [9.17, 15) is 14.3 Å². The maximum absolute atomic E-state index is 13.2. The lowest BCUT2D eigenvalue weighted by atomic mass is 9.89. The van der Waals surface area contributed by atoms with E-state index in [-0.39, 0.29) is 29.7 Å². The molecule has 0 saturated carbocycles. The summed E-state index contributed by atoms with van der Waals surface area (Å²) in [5, 5.41) is 12.1. The van der Waals surface area contributed by atoms with Crippen LogP contribution in [0, 0.1) is 17.2 Å². The van der Waals surface area contributed by atoms with Crippen LogP contribution in [-0.4, -0.2) is 30.8 Å². The molecule has 1 atom stereocenters. The second-order valence-corrected chi connectivity index (χ2v) is 6.68. The standard InChI is InChI=1S/C17H24FNO3/c1-17(2,11-20)6-3-7-19-16(21)13-8-12-9-14(18)4-5-15(12)22-10-13/h4-5,9,13,20H,3,6-8,10-11H2,1-2H3,(H,19,21). The average Bonchev–Trinajstić information content (AvgIpc) is 2.50. The van der Waals surface area contributed by atoms with Crippen molar-refractivity contribution in [3.63, 3.8) is 0 Å². The Labute approximate surface area is 130 Å². The minimum absolute atomic E-state index is 0.0586. The van der Waals surface area contributed by atoms with Crippen LogP contribution in [0.2, 0.25) is 0 Å². The van der Waals surface area contributed by atoms with Gasteiger partial charge in [0.15, 0.2) is 0 Å². The summed E-state index contributed by atoms with van der Waals surface area (Å²) in [6, 6.07) is 4.40. The first kappa shape index (κ1) is 16.7. The Kier molecular flexibility index (Phi) is 5.40. The third kappa shape index (κ3) is 4.44. The number of fused-ring (bicyclic) bond motifs is 1. The molecule has 0 fully saturated rings. The Morgan fingerprint density at radius 1 is 1.50 bits per heavy atom. The highest BCUT2D eigenvalue weighted by atomic mass is 19.1. The summed E-state index contributed by atoms with van der Waals surface area (Å²) in [6.45, 7) is 5.03. The molecule has 0 aliphatic carbocycles. The topological polar surface area (TPSA) is 58.6 Å². The summed E-state index contributed by atoms with van der Waals surface area (Å²) in [5.74, 6) is 0.0154. The van der Waals surface area contributed by atoms with Crippen LogP contribution in [0.3, 0.4) is 0 Å². The zero-order valence-corrected chi connectivity index (χ0v) is 13.2. The number of nitrogens with one attached hydrogen (secondary N) is 1. The number of carbonyl (C=O) groups excluding carboxylic acids is 1. The van der Waals surface area contributed by atoms with Gasteiger partial charge in [0.1, 0.15) is 18.2 Å². The molecule has 1 aromatic rings. The number of ether oxygens (including phenoxy) is 1. The molecule has 0 spiro atoms. The summed E-state index contributed by atoms with van der Waals surface area (Å²) in [5.41, 5.74) is 0.627. The van der Waals surface area contributed by atoms with Gasteiger partial charge in [-0.2, -0.15) is 0 Å². The number of carbonyl (C=O) groups is 1. The van der Waals surface area contributed by atoms with Crippen LogP contribution in [0.1, 0.15) is 32.3 Å². The molecular weight excluding hydrogens is 285 g/mol. The van der Waals surface area contributed by atoms with Crippen LogP contribution < -0.4 is 10.1 Å². The van der Waals surface area contributed by atoms with Gasteiger partial charge in [-0.05, 0) is 48.4 Å². The molecule has 1 aliphatic heterocycles. The molecule has 5 heteroatoms. The van der Waals surface area contributed by atoms with Gasteiger partial charge in [-0.15, -0.1) is 0 Å². The number of amides is 1. The number of rotatable bonds is 6. The summed E-state index contributed by atoms with van der Waals surface area (Å²) >= 11 is 0. The molecule has 2 rings (SSSR count). The van der Waals surface area contributed by atoms with E-state index >= 15 is 0 Å². The van der Waals surface area contributed by atoms with E-state index < -0.39 is 0 Å². The molecule has 1 heterocycles. The molecule has 0 radical (unpaired) electrons. The maximum Gasteiger partial charge on any atom is 0.226 e. The first-order chi connectivity index (χ1) is 10.4. The van der Waals surface area contributed by atoms with Gasteiger partial charge in [0.25, 0.3) is 0 Å². The number of halogens is 1. The second-order valence-electron chi connectivity index (χ2n) is 6.68. The lowest BCUT2D eigenvalue weighted by molar-refractivity contribution is -0.126. The van der Waals surface area contributed by atoms with Crippen molar-refractivity contribution in [2.24, 2.45) is 11.3 Å². The zero-order chi connectivity index (χ0) is 16.2. The third-order valence-corrected chi connectivity index (χ3v) is 4.06. The van der Waals surface area contributed by atoms with Gasteiger partial charge in [0.05, 0.1) is 5.92 Å². The second kappa shape index (κ2) is 7.09. The first-order valence-corrected chi connectivity index (χ1v) is 7.71. The molecular formula is C17H24FNO3. The minimum atomic E-state index is -0.311. The highest BCUT2D eigenvalue weighted by Crippen LogP contribution is 2.28. The van der Waals surface area contributed by atoms with Gasteiger partial charge in [0, 0.05) is 13.2 Å². The Hall–Kier alpha value is -1.62. The summed E-state index contributed by atoms with van der Waals surface area (Å²) in [6.07, 6.45) is 2.16. The van der Waals surface area contributed by atoms with E-state index in [0.717, 1.165) is 18.4 Å². The Morgan fingerprint density at radius 2 is 2.27 bits per heavy atom. The van der Waals surface area contributed by atoms with Crippen molar-refractivity contribution in [1.82, 2.24) is 5.32 Å². The van der Waals surface area contributed by atoms with E-state index in [1.807, 2.05) is 13.8 Å². The van der Waals surface area contributed by atoms with Crippen molar-refractivity contribution in [2.75, 3.05) is 19.8 Å². The number of aliphatic hydroxyl groups is 1. The van der Waals surface area contributed by atoms with Crippen LogP contribution in [0.5, 0.6) is 5.75 Å². The molecule has 1 amide bonds. The molecule has 1 unspecified atom stereocenters. The predicted molar refractivity (Wildman–Crippen MR) is 82.2 cm³/mol. The highest BCUT2D eigenvalue weighted by Gasteiger charge is 2.26. The van der Waals surface area contributed by atoms with Gasteiger partial charge >= 0.3 is 0 Å². The lowest BCUT2D eigenvalue weighted by Crippen LogP contribution is -2.38. The molecule has 1 aromatic carbocycles. The maximum atomic E-state index is 13.2.